The molecule has 4 heterocycles. The molecular formula is C42H47N7O4S. The fraction of sp³-hybridized carbons (Fsp3) is 0.452. The summed E-state index contributed by atoms with van der Waals surface area (Å²) in [7, 11) is -2.14. The Kier molecular flexibility index (Phi) is 8.52. The first-order valence-electron chi connectivity index (χ1n) is 19.3. The molecule has 0 radical (unpaired) electrons. The van der Waals surface area contributed by atoms with E-state index in [0.717, 1.165) is 66.4 Å². The molecular weight excluding hydrogens is 699 g/mol. The lowest BCUT2D eigenvalue weighted by Crippen LogP contribution is -2.53. The van der Waals surface area contributed by atoms with E-state index < -0.39 is 10.0 Å². The summed E-state index contributed by atoms with van der Waals surface area (Å²) < 4.78 is 39.3. The molecule has 3 saturated carbocycles. The Hall–Kier alpha value is -4.84. The third-order valence-electron chi connectivity index (χ3n) is 12.7. The summed E-state index contributed by atoms with van der Waals surface area (Å²) in [6.07, 6.45) is 10.9. The molecule has 12 heteroatoms. The van der Waals surface area contributed by atoms with Crippen LogP contribution in [0.3, 0.4) is 0 Å². The topological polar surface area (TPSA) is 132 Å². The van der Waals surface area contributed by atoms with E-state index in [4.69, 9.17) is 19.7 Å². The number of fused-ring (bicyclic) bond motifs is 5. The second-order valence-electron chi connectivity index (χ2n) is 16.3. The van der Waals surface area contributed by atoms with Gasteiger partial charge in [-0.15, -0.1) is 0 Å². The molecule has 280 valence electrons. The molecule has 1 unspecified atom stereocenters. The number of rotatable bonds is 7. The molecule has 4 bridgehead atoms. The van der Waals surface area contributed by atoms with Gasteiger partial charge in [0.15, 0.2) is 5.65 Å². The molecule has 5 aromatic rings. The highest BCUT2D eigenvalue weighted by Gasteiger charge is 2.45. The third kappa shape index (κ3) is 6.21. The Morgan fingerprint density at radius 3 is 2.31 bits per heavy atom. The van der Waals surface area contributed by atoms with Crippen molar-refractivity contribution in [1.29, 1.82) is 0 Å². The number of hydrogen-bond donors (Lipinski definition) is 1. The van der Waals surface area contributed by atoms with E-state index in [-0.39, 0.29) is 58.7 Å². The lowest BCUT2D eigenvalue weighted by Gasteiger charge is -2.49. The zero-order valence-corrected chi connectivity index (χ0v) is 32.2. The van der Waals surface area contributed by atoms with Crippen LogP contribution in [0.4, 0.5) is 5.95 Å². The van der Waals surface area contributed by atoms with Gasteiger partial charge in [-0.05, 0) is 79.8 Å². The molecule has 1 atom stereocenters. The molecule has 0 spiro atoms. The molecule has 1 aliphatic heterocycles. The number of carbonyl (C=O) groups excluding carboxylic acids is 1. The van der Waals surface area contributed by atoms with Crippen LogP contribution in [0.15, 0.2) is 65.7 Å². The maximum absolute atomic E-state index is 15.0. The smallest absolute Gasteiger partial charge is 0.264 e. The maximum Gasteiger partial charge on any atom is 0.264 e. The van der Waals surface area contributed by atoms with Gasteiger partial charge in [0, 0.05) is 35.3 Å². The van der Waals surface area contributed by atoms with Gasteiger partial charge in [-0.2, -0.15) is 4.98 Å². The minimum atomic E-state index is -4.18. The maximum atomic E-state index is 15.0. The molecule has 3 fully saturated rings. The monoisotopic (exact) mass is 745 g/mol. The van der Waals surface area contributed by atoms with Crippen molar-refractivity contribution in [3.05, 3.63) is 88.9 Å². The molecule has 54 heavy (non-hydrogen) atoms. The van der Waals surface area contributed by atoms with E-state index in [9.17, 15) is 8.42 Å². The summed E-state index contributed by atoms with van der Waals surface area (Å²) in [5, 5.41) is 0. The third-order valence-corrected chi connectivity index (χ3v) is 14.0. The minimum absolute atomic E-state index is 0.0479. The summed E-state index contributed by atoms with van der Waals surface area (Å²) in [5.41, 5.74) is 7.40. The molecule has 4 aliphatic rings. The average molecular weight is 746 g/mol. The van der Waals surface area contributed by atoms with Crippen molar-refractivity contribution < 1.29 is 17.9 Å². The highest BCUT2D eigenvalue weighted by molar-refractivity contribution is 7.92. The van der Waals surface area contributed by atoms with Crippen LogP contribution in [0, 0.1) is 31.6 Å². The number of carbonyl (C=O) groups is 1. The molecule has 0 saturated heterocycles. The van der Waals surface area contributed by atoms with Gasteiger partial charge in [0.2, 0.25) is 11.8 Å². The number of amides is 1. The predicted molar refractivity (Wildman–Crippen MR) is 207 cm³/mol. The Labute approximate surface area is 316 Å². The molecule has 11 nitrogen and oxygen atoms in total. The summed E-state index contributed by atoms with van der Waals surface area (Å²) in [5.74, 6) is 0.998. The van der Waals surface area contributed by atoms with Crippen molar-refractivity contribution in [3.63, 3.8) is 0 Å². The van der Waals surface area contributed by atoms with Crippen LogP contribution in [-0.2, 0) is 29.0 Å². The van der Waals surface area contributed by atoms with Gasteiger partial charge in [-0.1, -0.05) is 69.7 Å². The minimum Gasteiger partial charge on any atom is -0.475 e. The molecule has 9 rings (SSSR count). The summed E-state index contributed by atoms with van der Waals surface area (Å²) in [6.45, 7) is 6.67. The van der Waals surface area contributed by atoms with Crippen LogP contribution in [0.25, 0.3) is 22.4 Å². The Bertz CT molecular complexity index is 2360. The summed E-state index contributed by atoms with van der Waals surface area (Å²) >= 11 is 0. The highest BCUT2D eigenvalue weighted by Crippen LogP contribution is 2.49. The van der Waals surface area contributed by atoms with Crippen LogP contribution >= 0.6 is 0 Å². The second-order valence-corrected chi connectivity index (χ2v) is 18.0. The second kappa shape index (κ2) is 13.2. The van der Waals surface area contributed by atoms with Crippen molar-refractivity contribution in [2.24, 2.45) is 24.8 Å². The van der Waals surface area contributed by atoms with Crippen molar-refractivity contribution in [1.82, 2.24) is 29.4 Å². The Morgan fingerprint density at radius 1 is 0.944 bits per heavy atom. The number of aryl methyl sites for hydroxylation is 3. The van der Waals surface area contributed by atoms with Crippen LogP contribution in [0.1, 0.15) is 91.2 Å². The first kappa shape index (κ1) is 34.9. The van der Waals surface area contributed by atoms with E-state index in [2.05, 4.69) is 27.3 Å². The van der Waals surface area contributed by atoms with Crippen molar-refractivity contribution in [3.8, 4) is 17.1 Å². The molecule has 1 amide bonds. The van der Waals surface area contributed by atoms with E-state index in [1.54, 1.807) is 24.4 Å². The molecule has 1 N–H and O–H groups in total. The van der Waals surface area contributed by atoms with E-state index in [1.807, 2.05) is 44.0 Å². The van der Waals surface area contributed by atoms with Crippen molar-refractivity contribution in [2.75, 3.05) is 11.3 Å². The number of ether oxygens (including phenoxy) is 1. The lowest BCUT2D eigenvalue weighted by molar-refractivity contribution is -0.0105. The number of hydrogen-bond acceptors (Lipinski definition) is 8. The van der Waals surface area contributed by atoms with Gasteiger partial charge in [-0.25, -0.2) is 23.1 Å². The van der Waals surface area contributed by atoms with Crippen LogP contribution in [0.2, 0.25) is 0 Å². The molecule has 2 aromatic carbocycles. The van der Waals surface area contributed by atoms with E-state index in [0.29, 0.717) is 23.2 Å². The van der Waals surface area contributed by atoms with Crippen LogP contribution < -0.4 is 9.46 Å². The van der Waals surface area contributed by atoms with Crippen molar-refractivity contribution >= 4 is 33.0 Å². The molecule has 3 aromatic heterocycles. The lowest BCUT2D eigenvalue weighted by atomic mass is 9.62. The zero-order chi connectivity index (χ0) is 37.4. The standard InChI is InChI=1S/C42H47N7O4S/c1-25-9-5-10-26(2)37(25)32-21-36-46-41(45-32)47-54(51,52)31-16-8-15-29(19-31)40(50)49(34(24-53-36)38(27-11-6-12-27)28-13-7-14-28)23-30-22-43-33-20-35(42(3)17-18-42)48(4)39(33)44-30/h5,8-10,15-16,19-22,27-28,34,38H,6-7,11-14,17-18,23-24H2,1-4H3,(H,45,46,47). The Morgan fingerprint density at radius 2 is 1.65 bits per heavy atom. The normalized spacial score (nSPS) is 20.9. The first-order valence-corrected chi connectivity index (χ1v) is 20.8. The quantitative estimate of drug-likeness (QED) is 0.181. The van der Waals surface area contributed by atoms with E-state index >= 15 is 4.79 Å². The van der Waals surface area contributed by atoms with Gasteiger partial charge in [0.25, 0.3) is 15.9 Å². The first-order chi connectivity index (χ1) is 26.0. The Balaban J connectivity index is 1.19. The van der Waals surface area contributed by atoms with Crippen LogP contribution in [-0.4, -0.2) is 56.4 Å². The fourth-order valence-corrected chi connectivity index (χ4v) is 9.99. The van der Waals surface area contributed by atoms with Gasteiger partial charge in [0.05, 0.1) is 35.1 Å². The number of aromatic nitrogens is 5. The number of benzene rings is 2. The van der Waals surface area contributed by atoms with Gasteiger partial charge < -0.3 is 14.2 Å². The fourth-order valence-electron chi connectivity index (χ4n) is 9.00. The average Bonchev–Trinajstić information content (AvgIpc) is 3.76. The number of anilines is 1. The molecule has 3 aliphatic carbocycles. The largest absolute Gasteiger partial charge is 0.475 e. The highest BCUT2D eigenvalue weighted by atomic mass is 32.2. The number of nitrogens with zero attached hydrogens (tertiary/aromatic N) is 6. The van der Waals surface area contributed by atoms with Crippen molar-refractivity contribution in [2.45, 2.75) is 95.0 Å². The van der Waals surface area contributed by atoms with E-state index in [1.165, 1.54) is 30.7 Å². The van der Waals surface area contributed by atoms with Gasteiger partial charge in [0.1, 0.15) is 12.1 Å². The van der Waals surface area contributed by atoms with Gasteiger partial charge in [-0.3, -0.25) is 9.78 Å². The summed E-state index contributed by atoms with van der Waals surface area (Å²) in [6, 6.07) is 15.9. The van der Waals surface area contributed by atoms with Crippen LogP contribution in [0.5, 0.6) is 5.88 Å². The number of sulfonamides is 1. The SMILES string of the molecule is Cc1cccc(C)c1-c1cc2nc(n1)NS(=O)(=O)c1cccc(c1)C(=O)N(Cc1cnc3cc(C4(C)CC4)n(C)c3n1)C(C(C1CCC1)C1CCC1)CO2. The zero-order valence-electron chi connectivity index (χ0n) is 31.4. The predicted octanol–water partition coefficient (Wildman–Crippen LogP) is 7.51. The summed E-state index contributed by atoms with van der Waals surface area (Å²) in [4.78, 5) is 36.2. The van der Waals surface area contributed by atoms with Gasteiger partial charge >= 0.3 is 0 Å². The number of nitrogens with one attached hydrogen (secondary N) is 1.